The zero-order valence-corrected chi connectivity index (χ0v) is 20.6. The van der Waals surface area contributed by atoms with Crippen LogP contribution in [0.5, 0.6) is 0 Å². The van der Waals surface area contributed by atoms with Crippen LogP contribution in [0.15, 0.2) is 48.0 Å². The van der Waals surface area contributed by atoms with Gasteiger partial charge in [0.15, 0.2) is 5.78 Å². The summed E-state index contributed by atoms with van der Waals surface area (Å²) in [5.41, 5.74) is -1.59. The molecule has 11 heteroatoms. The van der Waals surface area contributed by atoms with E-state index in [9.17, 15) is 40.7 Å². The maximum Gasteiger partial charge on any atom is 0.416 e. The fourth-order valence-electron chi connectivity index (χ4n) is 4.12. The Morgan fingerprint density at radius 3 is 2.15 bits per heavy atom. The highest BCUT2D eigenvalue weighted by molar-refractivity contribution is 6.13. The first kappa shape index (κ1) is 29.7. The molecule has 2 aromatic rings. The zero-order valence-electron chi connectivity index (χ0n) is 20.6. The highest BCUT2D eigenvalue weighted by Crippen LogP contribution is 2.37. The molecule has 0 aromatic heterocycles. The lowest BCUT2D eigenvalue weighted by Crippen LogP contribution is -2.22. The van der Waals surface area contributed by atoms with E-state index in [2.05, 4.69) is 5.32 Å². The Hall–Kier alpha value is -3.89. The van der Waals surface area contributed by atoms with Gasteiger partial charge in [-0.15, -0.1) is 0 Å². The minimum Gasteiger partial charge on any atom is -0.481 e. The van der Waals surface area contributed by atoms with Crippen LogP contribution < -0.4 is 5.32 Å². The molecule has 0 saturated heterocycles. The molecular weight excluding hydrogens is 528 g/mol. The van der Waals surface area contributed by atoms with Crippen molar-refractivity contribution in [2.45, 2.75) is 50.9 Å². The lowest BCUT2D eigenvalue weighted by atomic mass is 9.85. The number of benzene rings is 2. The molecule has 3 rings (SSSR count). The zero-order chi connectivity index (χ0) is 28.8. The maximum absolute atomic E-state index is 13.2. The lowest BCUT2D eigenvalue weighted by Gasteiger charge is -2.19. The van der Waals surface area contributed by atoms with Gasteiger partial charge in [0.25, 0.3) is 0 Å². The Morgan fingerprint density at radius 2 is 1.54 bits per heavy atom. The largest absolute Gasteiger partial charge is 0.481 e. The molecule has 0 fully saturated rings. The normalized spacial score (nSPS) is 15.0. The third-order valence-electron chi connectivity index (χ3n) is 6.07. The molecule has 2 N–H and O–H groups in total. The average Bonchev–Trinajstić information content (AvgIpc) is 2.85. The summed E-state index contributed by atoms with van der Waals surface area (Å²) in [6.07, 6.45) is -3.66. The molecule has 2 aromatic carbocycles. The Morgan fingerprint density at radius 1 is 0.872 bits per heavy atom. The SMILES string of the molecule is O=C(O)CCCCCNC(=O)/C=C/c1ccc2c(c1)CC/C(=C\c1cc(C(F)(F)F)cc(C(F)(F)F)c1)C2=O. The molecule has 0 bridgehead atoms. The van der Waals surface area contributed by atoms with Crippen molar-refractivity contribution in [2.75, 3.05) is 6.54 Å². The maximum atomic E-state index is 13.2. The first-order valence-electron chi connectivity index (χ1n) is 12.1. The van der Waals surface area contributed by atoms with Gasteiger partial charge in [0.05, 0.1) is 11.1 Å². The van der Waals surface area contributed by atoms with Gasteiger partial charge in [-0.25, -0.2) is 0 Å². The predicted octanol–water partition coefficient (Wildman–Crippen LogP) is 6.71. The fraction of sp³-hybridized carbons (Fsp3) is 0.321. The van der Waals surface area contributed by atoms with Gasteiger partial charge in [-0.2, -0.15) is 26.3 Å². The van der Waals surface area contributed by atoms with Gasteiger partial charge in [-0.3, -0.25) is 14.4 Å². The summed E-state index contributed by atoms with van der Waals surface area (Å²) in [4.78, 5) is 35.4. The van der Waals surface area contributed by atoms with E-state index in [1.165, 1.54) is 12.1 Å². The van der Waals surface area contributed by atoms with Crippen molar-refractivity contribution in [1.29, 1.82) is 0 Å². The number of halogens is 6. The number of alkyl halides is 6. The summed E-state index contributed by atoms with van der Waals surface area (Å²) in [6, 6.07) is 6.00. The molecule has 0 radical (unpaired) electrons. The van der Waals surface area contributed by atoms with Crippen molar-refractivity contribution in [2.24, 2.45) is 0 Å². The molecule has 0 unspecified atom stereocenters. The Labute approximate surface area is 220 Å². The Kier molecular flexibility index (Phi) is 9.36. The number of carbonyl (C=O) groups is 3. The van der Waals surface area contributed by atoms with Crippen LogP contribution >= 0.6 is 0 Å². The van der Waals surface area contributed by atoms with Gasteiger partial charge in [0.1, 0.15) is 0 Å². The molecule has 0 aliphatic heterocycles. The van der Waals surface area contributed by atoms with Crippen LogP contribution in [0, 0.1) is 0 Å². The van der Waals surface area contributed by atoms with E-state index in [4.69, 9.17) is 5.11 Å². The van der Waals surface area contributed by atoms with Crippen molar-refractivity contribution in [3.8, 4) is 0 Å². The molecule has 5 nitrogen and oxygen atoms in total. The Bertz CT molecular complexity index is 1280. The van der Waals surface area contributed by atoms with Gasteiger partial charge in [0, 0.05) is 30.2 Å². The van der Waals surface area contributed by atoms with Crippen LogP contribution in [0.3, 0.4) is 0 Å². The molecule has 0 heterocycles. The number of fused-ring (bicyclic) bond motifs is 1. The number of allylic oxidation sites excluding steroid dienone is 1. The van der Waals surface area contributed by atoms with Crippen molar-refractivity contribution in [3.63, 3.8) is 0 Å². The van der Waals surface area contributed by atoms with Crippen molar-refractivity contribution >= 4 is 29.8 Å². The molecule has 0 atom stereocenters. The van der Waals surface area contributed by atoms with Crippen molar-refractivity contribution < 1.29 is 45.8 Å². The summed E-state index contributed by atoms with van der Waals surface area (Å²) in [5.74, 6) is -1.69. The number of ketones is 1. The second-order valence-corrected chi connectivity index (χ2v) is 9.08. The van der Waals surface area contributed by atoms with E-state index in [1.54, 1.807) is 18.2 Å². The second-order valence-electron chi connectivity index (χ2n) is 9.08. The van der Waals surface area contributed by atoms with Crippen LogP contribution in [-0.2, 0) is 28.4 Å². The standard InChI is InChI=1S/C28H25F6NO4/c29-27(30,31)21-14-18(15-22(16-21)28(32,33)34)13-20-8-7-19-12-17(5-9-23(19)26(20)39)6-10-24(36)35-11-3-1-2-4-25(37)38/h5-6,9-10,12-16H,1-4,7-8,11H2,(H,35,36)(H,37,38)/b10-6+,20-13+. The molecule has 1 aliphatic carbocycles. The summed E-state index contributed by atoms with van der Waals surface area (Å²) in [6.45, 7) is 0.396. The minimum atomic E-state index is -4.99. The third-order valence-corrected chi connectivity index (χ3v) is 6.07. The molecule has 39 heavy (non-hydrogen) atoms. The summed E-state index contributed by atoms with van der Waals surface area (Å²) in [5, 5.41) is 11.3. The fourth-order valence-corrected chi connectivity index (χ4v) is 4.12. The molecular formula is C28H25F6NO4. The summed E-state index contributed by atoms with van der Waals surface area (Å²) in [7, 11) is 0. The number of nitrogens with one attached hydrogen (secondary N) is 1. The van der Waals surface area contributed by atoms with E-state index in [0.717, 1.165) is 6.08 Å². The number of carboxylic acids is 1. The van der Waals surface area contributed by atoms with E-state index in [0.29, 0.717) is 61.1 Å². The number of carbonyl (C=O) groups excluding carboxylic acids is 2. The molecule has 1 aliphatic rings. The first-order chi connectivity index (χ1) is 18.2. The quantitative estimate of drug-likeness (QED) is 0.205. The molecule has 208 valence electrons. The number of Topliss-reactive ketones (excluding diaryl/α,β-unsaturated/α-hetero) is 1. The second kappa shape index (κ2) is 12.3. The van der Waals surface area contributed by atoms with Gasteiger partial charge < -0.3 is 10.4 Å². The smallest absolute Gasteiger partial charge is 0.416 e. The van der Waals surface area contributed by atoms with Gasteiger partial charge in [-0.1, -0.05) is 24.6 Å². The van der Waals surface area contributed by atoms with Gasteiger partial charge in [0.2, 0.25) is 5.91 Å². The number of hydrogen-bond donors (Lipinski definition) is 2. The predicted molar refractivity (Wildman–Crippen MR) is 132 cm³/mol. The molecule has 1 amide bonds. The third kappa shape index (κ3) is 8.56. The monoisotopic (exact) mass is 553 g/mol. The summed E-state index contributed by atoms with van der Waals surface area (Å²) >= 11 is 0. The average molecular weight is 553 g/mol. The van der Waals surface area contributed by atoms with E-state index >= 15 is 0 Å². The molecule has 0 spiro atoms. The summed E-state index contributed by atoms with van der Waals surface area (Å²) < 4.78 is 79.0. The number of aryl methyl sites for hydroxylation is 1. The van der Waals surface area contributed by atoms with E-state index in [1.807, 2.05) is 0 Å². The van der Waals surface area contributed by atoms with Gasteiger partial charge >= 0.3 is 18.3 Å². The highest BCUT2D eigenvalue weighted by atomic mass is 19.4. The number of amides is 1. The first-order valence-corrected chi connectivity index (χ1v) is 12.1. The lowest BCUT2D eigenvalue weighted by molar-refractivity contribution is -0.143. The van der Waals surface area contributed by atoms with Crippen LogP contribution in [0.2, 0.25) is 0 Å². The number of unbranched alkanes of at least 4 members (excludes halogenated alkanes) is 2. The number of carboxylic acid groups (broad SMARTS) is 1. The van der Waals surface area contributed by atoms with Crippen LogP contribution in [0.25, 0.3) is 12.2 Å². The number of aliphatic carboxylic acids is 1. The van der Waals surface area contributed by atoms with Crippen LogP contribution in [0.4, 0.5) is 26.3 Å². The van der Waals surface area contributed by atoms with Crippen LogP contribution in [0.1, 0.15) is 70.3 Å². The van der Waals surface area contributed by atoms with Crippen molar-refractivity contribution in [1.82, 2.24) is 5.32 Å². The van der Waals surface area contributed by atoms with E-state index in [-0.39, 0.29) is 36.0 Å². The van der Waals surface area contributed by atoms with Crippen molar-refractivity contribution in [3.05, 3.63) is 81.4 Å². The number of rotatable bonds is 9. The van der Waals surface area contributed by atoms with Crippen LogP contribution in [-0.4, -0.2) is 29.3 Å². The highest BCUT2D eigenvalue weighted by Gasteiger charge is 2.37. The van der Waals surface area contributed by atoms with Gasteiger partial charge in [-0.05, 0) is 72.7 Å². The van der Waals surface area contributed by atoms with E-state index < -0.39 is 35.2 Å². The minimum absolute atomic E-state index is 0.0395. The molecule has 0 saturated carbocycles. The number of hydrogen-bond acceptors (Lipinski definition) is 3. The topological polar surface area (TPSA) is 83.5 Å². The Balaban J connectivity index is 1.69.